The number of carbonyl (C=O) groups is 1. The standard InChI is InChI=1S/C22H33N5O2.HI/c1-23-21(24-15-17-14-20(28)26-19-7-3-2-6-18(17)19)25-16-22(8-12-29-13-9-22)27-10-4-5-11-27;/h2-3,6-7,17H,4-5,8-16H2,1H3,(H,26,28)(H2,23,24,25);1H. The summed E-state index contributed by atoms with van der Waals surface area (Å²) in [5.74, 6) is 1.03. The van der Waals surface area contributed by atoms with Crippen LogP contribution in [0, 0.1) is 0 Å². The minimum absolute atomic E-state index is 0. The first-order valence-corrected chi connectivity index (χ1v) is 10.9. The Morgan fingerprint density at radius 2 is 1.97 bits per heavy atom. The van der Waals surface area contributed by atoms with Gasteiger partial charge < -0.3 is 20.7 Å². The largest absolute Gasteiger partial charge is 0.381 e. The van der Waals surface area contributed by atoms with E-state index >= 15 is 0 Å². The molecule has 0 aliphatic carbocycles. The molecular formula is C22H34IN5O2. The van der Waals surface area contributed by atoms with Crippen LogP contribution >= 0.6 is 24.0 Å². The minimum atomic E-state index is 0. The Morgan fingerprint density at radius 1 is 1.23 bits per heavy atom. The molecule has 1 amide bonds. The number of likely N-dealkylation sites (tertiary alicyclic amines) is 1. The number of amides is 1. The third-order valence-electron chi connectivity index (χ3n) is 6.63. The van der Waals surface area contributed by atoms with Crippen LogP contribution in [0.2, 0.25) is 0 Å². The van der Waals surface area contributed by atoms with Crippen LogP contribution in [0.4, 0.5) is 5.69 Å². The lowest BCUT2D eigenvalue weighted by atomic mass is 9.88. The third-order valence-corrected chi connectivity index (χ3v) is 6.63. The number of hydrogen-bond acceptors (Lipinski definition) is 4. The van der Waals surface area contributed by atoms with Crippen molar-refractivity contribution in [2.75, 3.05) is 51.8 Å². The van der Waals surface area contributed by atoms with Crippen molar-refractivity contribution in [2.45, 2.75) is 43.6 Å². The van der Waals surface area contributed by atoms with E-state index in [9.17, 15) is 4.79 Å². The molecule has 2 saturated heterocycles. The van der Waals surface area contributed by atoms with Gasteiger partial charge >= 0.3 is 0 Å². The molecule has 3 aliphatic heterocycles. The minimum Gasteiger partial charge on any atom is -0.381 e. The van der Waals surface area contributed by atoms with Crippen molar-refractivity contribution in [2.24, 2.45) is 4.99 Å². The second-order valence-electron chi connectivity index (χ2n) is 8.37. The fourth-order valence-electron chi connectivity index (χ4n) is 4.92. The summed E-state index contributed by atoms with van der Waals surface area (Å²) in [6, 6.07) is 8.06. The number of guanidine groups is 1. The lowest BCUT2D eigenvalue weighted by Crippen LogP contribution is -2.58. The molecule has 4 rings (SSSR count). The van der Waals surface area contributed by atoms with Gasteiger partial charge in [0.2, 0.25) is 5.91 Å². The molecule has 0 saturated carbocycles. The maximum atomic E-state index is 12.1. The highest BCUT2D eigenvalue weighted by molar-refractivity contribution is 14.0. The summed E-state index contributed by atoms with van der Waals surface area (Å²) < 4.78 is 5.65. The van der Waals surface area contributed by atoms with E-state index in [1.807, 2.05) is 25.2 Å². The number of rotatable bonds is 5. The predicted molar refractivity (Wildman–Crippen MR) is 131 cm³/mol. The van der Waals surface area contributed by atoms with Gasteiger partial charge in [-0.3, -0.25) is 14.7 Å². The van der Waals surface area contributed by atoms with Gasteiger partial charge in [-0.05, 0) is 50.4 Å². The van der Waals surface area contributed by atoms with Crippen molar-refractivity contribution < 1.29 is 9.53 Å². The molecule has 2 fully saturated rings. The SMILES string of the molecule is CN=C(NCC1CC(=O)Nc2ccccc21)NCC1(N2CCCC2)CCOCC1.I. The molecule has 0 radical (unpaired) electrons. The number of nitrogens with one attached hydrogen (secondary N) is 3. The molecule has 0 bridgehead atoms. The van der Waals surface area contributed by atoms with Crippen LogP contribution in [0.3, 0.4) is 0 Å². The molecule has 7 nitrogen and oxygen atoms in total. The Bertz CT molecular complexity index is 745. The van der Waals surface area contributed by atoms with E-state index in [1.165, 1.54) is 31.5 Å². The molecule has 8 heteroatoms. The van der Waals surface area contributed by atoms with Crippen molar-refractivity contribution in [1.29, 1.82) is 0 Å². The summed E-state index contributed by atoms with van der Waals surface area (Å²) in [7, 11) is 1.81. The summed E-state index contributed by atoms with van der Waals surface area (Å²) in [5.41, 5.74) is 2.27. The molecule has 1 unspecified atom stereocenters. The molecule has 30 heavy (non-hydrogen) atoms. The Labute approximate surface area is 196 Å². The van der Waals surface area contributed by atoms with E-state index in [0.29, 0.717) is 13.0 Å². The highest BCUT2D eigenvalue weighted by atomic mass is 127. The average molecular weight is 527 g/mol. The van der Waals surface area contributed by atoms with E-state index in [4.69, 9.17) is 4.74 Å². The van der Waals surface area contributed by atoms with E-state index in [-0.39, 0.29) is 41.3 Å². The summed E-state index contributed by atoms with van der Waals surface area (Å²) in [6.45, 7) is 5.58. The number of ether oxygens (including phenoxy) is 1. The molecular weight excluding hydrogens is 493 g/mol. The number of para-hydroxylation sites is 1. The number of anilines is 1. The summed E-state index contributed by atoms with van der Waals surface area (Å²) >= 11 is 0. The summed E-state index contributed by atoms with van der Waals surface area (Å²) in [4.78, 5) is 19.2. The monoisotopic (exact) mass is 527 g/mol. The van der Waals surface area contributed by atoms with Gasteiger partial charge in [-0.25, -0.2) is 0 Å². The van der Waals surface area contributed by atoms with Crippen LogP contribution in [0.25, 0.3) is 0 Å². The molecule has 3 heterocycles. The highest BCUT2D eigenvalue weighted by Gasteiger charge is 2.39. The summed E-state index contributed by atoms with van der Waals surface area (Å²) in [6.07, 6.45) is 5.20. The normalized spacial score (nSPS) is 23.8. The van der Waals surface area contributed by atoms with Gasteiger partial charge in [0.05, 0.1) is 0 Å². The quantitative estimate of drug-likeness (QED) is 0.312. The second-order valence-corrected chi connectivity index (χ2v) is 8.37. The number of hydrogen-bond donors (Lipinski definition) is 3. The lowest BCUT2D eigenvalue weighted by molar-refractivity contribution is -0.116. The van der Waals surface area contributed by atoms with Gasteiger partial charge in [0.25, 0.3) is 0 Å². The Balaban J connectivity index is 0.00000256. The molecule has 0 spiro atoms. The van der Waals surface area contributed by atoms with Crippen LogP contribution in [-0.4, -0.2) is 68.7 Å². The number of fused-ring (bicyclic) bond motifs is 1. The van der Waals surface area contributed by atoms with Gasteiger partial charge in [-0.1, -0.05) is 18.2 Å². The zero-order valence-corrected chi connectivity index (χ0v) is 20.1. The Kier molecular flexibility index (Phi) is 8.35. The van der Waals surface area contributed by atoms with Crippen LogP contribution in [0.15, 0.2) is 29.3 Å². The van der Waals surface area contributed by atoms with Crippen LogP contribution in [0.1, 0.15) is 43.6 Å². The van der Waals surface area contributed by atoms with E-state index < -0.39 is 0 Å². The average Bonchev–Trinajstić information content (AvgIpc) is 3.30. The molecule has 3 N–H and O–H groups in total. The Morgan fingerprint density at radius 3 is 2.70 bits per heavy atom. The van der Waals surface area contributed by atoms with Crippen molar-refractivity contribution in [3.8, 4) is 0 Å². The van der Waals surface area contributed by atoms with Gasteiger partial charge in [-0.15, -0.1) is 24.0 Å². The van der Waals surface area contributed by atoms with E-state index in [0.717, 1.165) is 44.2 Å². The number of halogens is 1. The molecule has 1 aromatic rings. The second kappa shape index (κ2) is 10.8. The third kappa shape index (κ3) is 5.26. The molecule has 1 atom stereocenters. The van der Waals surface area contributed by atoms with Crippen LogP contribution in [-0.2, 0) is 9.53 Å². The fraction of sp³-hybridized carbons (Fsp3) is 0.636. The number of benzene rings is 1. The number of aliphatic imine (C=N–C) groups is 1. The molecule has 1 aromatic carbocycles. The Hall–Kier alpha value is -1.39. The van der Waals surface area contributed by atoms with E-state index in [1.54, 1.807) is 0 Å². The number of nitrogens with zero attached hydrogens (tertiary/aromatic N) is 2. The molecule has 166 valence electrons. The first-order valence-electron chi connectivity index (χ1n) is 10.9. The highest BCUT2D eigenvalue weighted by Crippen LogP contribution is 2.32. The zero-order valence-electron chi connectivity index (χ0n) is 17.8. The van der Waals surface area contributed by atoms with Gasteiger partial charge in [0.1, 0.15) is 0 Å². The predicted octanol–water partition coefficient (Wildman–Crippen LogP) is 2.54. The fourth-order valence-corrected chi connectivity index (χ4v) is 4.92. The molecule has 0 aromatic heterocycles. The topological polar surface area (TPSA) is 78.0 Å². The first-order chi connectivity index (χ1) is 14.2. The lowest BCUT2D eigenvalue weighted by Gasteiger charge is -2.45. The van der Waals surface area contributed by atoms with Crippen molar-refractivity contribution in [3.05, 3.63) is 29.8 Å². The van der Waals surface area contributed by atoms with Crippen molar-refractivity contribution >= 4 is 41.5 Å². The van der Waals surface area contributed by atoms with Gasteiger partial charge in [0.15, 0.2) is 5.96 Å². The summed E-state index contributed by atoms with van der Waals surface area (Å²) in [5, 5.41) is 10.00. The van der Waals surface area contributed by atoms with Crippen molar-refractivity contribution in [1.82, 2.24) is 15.5 Å². The smallest absolute Gasteiger partial charge is 0.225 e. The maximum absolute atomic E-state index is 12.1. The first kappa shape index (κ1) is 23.3. The molecule has 3 aliphatic rings. The maximum Gasteiger partial charge on any atom is 0.225 e. The van der Waals surface area contributed by atoms with Crippen LogP contribution < -0.4 is 16.0 Å². The number of carbonyl (C=O) groups excluding carboxylic acids is 1. The van der Waals surface area contributed by atoms with Gasteiger partial charge in [-0.2, -0.15) is 0 Å². The van der Waals surface area contributed by atoms with Crippen LogP contribution in [0.5, 0.6) is 0 Å². The van der Waals surface area contributed by atoms with Crippen molar-refractivity contribution in [3.63, 3.8) is 0 Å². The van der Waals surface area contributed by atoms with Gasteiger partial charge in [0, 0.05) is 56.9 Å². The van der Waals surface area contributed by atoms with E-state index in [2.05, 4.69) is 31.9 Å². The zero-order chi connectivity index (χ0) is 20.1.